The molecule has 0 unspecified atom stereocenters. The number of rotatable bonds is 14. The molecule has 0 aliphatic carbocycles. The van der Waals surface area contributed by atoms with Gasteiger partial charge in [-0.25, -0.2) is 4.52 Å². The van der Waals surface area contributed by atoms with Crippen molar-refractivity contribution < 1.29 is 4.74 Å². The predicted octanol–water partition coefficient (Wildman–Crippen LogP) is 9.48. The number of hydrogen-bond acceptors (Lipinski definition) is 3. The van der Waals surface area contributed by atoms with Gasteiger partial charge in [0.2, 0.25) is 0 Å². The van der Waals surface area contributed by atoms with Crippen LogP contribution in [0, 0.1) is 13.8 Å². The van der Waals surface area contributed by atoms with E-state index in [-0.39, 0.29) is 0 Å². The van der Waals surface area contributed by atoms with Crippen LogP contribution in [-0.4, -0.2) is 26.4 Å². The monoisotopic (exact) mass is 582 g/mol. The third-order valence-corrected chi connectivity index (χ3v) is 8.46. The lowest BCUT2D eigenvalue weighted by Crippen LogP contribution is -2.02. The molecule has 2 heterocycles. The van der Waals surface area contributed by atoms with Crippen molar-refractivity contribution in [1.29, 1.82) is 0 Å². The largest absolute Gasteiger partial charge is 0.493 e. The molecular formula is C36H43ClN4O. The first-order chi connectivity index (χ1) is 20.4. The van der Waals surface area contributed by atoms with Crippen LogP contribution in [0.1, 0.15) is 91.4 Å². The van der Waals surface area contributed by atoms with E-state index in [1.807, 2.05) is 10.6 Å². The van der Waals surface area contributed by atoms with Gasteiger partial charge in [-0.05, 0) is 79.1 Å². The average molecular weight is 583 g/mol. The molecule has 5 nitrogen and oxygen atoms in total. The molecule has 5 aromatic rings. The van der Waals surface area contributed by atoms with Crippen molar-refractivity contribution in [3.8, 4) is 17.1 Å². The number of ether oxygens (including phenoxy) is 1. The standard InChI is InChI=1S/C36H43ClN4O/c1-5-7-8-9-10-11-18-42-34-17-12-25(3)19-31(34)23-30-21-27(14-16-33(30)37)20-29-22-28(15-13-26(29)4)36-39-38-35-24-32(6-2)40-41(35)36/h12-17,19,21-22,24,40H,5-11,18,20,23H2,1-4H3. The number of H-pyrrole nitrogens is 1. The highest BCUT2D eigenvalue weighted by atomic mass is 35.5. The maximum absolute atomic E-state index is 6.76. The van der Waals surface area contributed by atoms with Crippen LogP contribution < -0.4 is 4.74 Å². The van der Waals surface area contributed by atoms with Crippen LogP contribution >= 0.6 is 11.6 Å². The Kier molecular flexibility index (Phi) is 10.0. The Bertz CT molecular complexity index is 1630. The highest BCUT2D eigenvalue weighted by Crippen LogP contribution is 2.29. The lowest BCUT2D eigenvalue weighted by Gasteiger charge is -2.15. The molecule has 220 valence electrons. The Hall–Kier alpha value is -3.57. The van der Waals surface area contributed by atoms with Gasteiger partial charge in [0.25, 0.3) is 0 Å². The van der Waals surface area contributed by atoms with Crippen LogP contribution in [-0.2, 0) is 19.3 Å². The molecule has 0 saturated carbocycles. The van der Waals surface area contributed by atoms with Crippen molar-refractivity contribution in [2.24, 2.45) is 0 Å². The van der Waals surface area contributed by atoms with Gasteiger partial charge in [-0.2, -0.15) is 0 Å². The summed E-state index contributed by atoms with van der Waals surface area (Å²) >= 11 is 6.76. The Labute approximate surface area is 255 Å². The molecule has 0 atom stereocenters. The number of aromatic amines is 1. The third-order valence-electron chi connectivity index (χ3n) is 8.09. The Morgan fingerprint density at radius 2 is 1.62 bits per heavy atom. The minimum absolute atomic E-state index is 0.740. The van der Waals surface area contributed by atoms with E-state index in [1.54, 1.807) is 0 Å². The molecule has 0 aliphatic heterocycles. The van der Waals surface area contributed by atoms with Crippen molar-refractivity contribution >= 4 is 17.2 Å². The average Bonchev–Trinajstić information content (AvgIpc) is 3.57. The van der Waals surface area contributed by atoms with Crippen LogP contribution in [0.5, 0.6) is 5.75 Å². The van der Waals surface area contributed by atoms with Gasteiger partial charge in [-0.1, -0.05) is 99.5 Å². The molecule has 3 aromatic carbocycles. The summed E-state index contributed by atoms with van der Waals surface area (Å²) in [6.07, 6.45) is 10.0. The molecule has 0 saturated heterocycles. The SMILES string of the molecule is CCCCCCCCOc1ccc(C)cc1Cc1cc(Cc2cc(-c3nnc4cc(CC)[nH]n34)ccc2C)ccc1Cl. The minimum atomic E-state index is 0.740. The van der Waals surface area contributed by atoms with Gasteiger partial charge in [-0.15, -0.1) is 10.2 Å². The summed E-state index contributed by atoms with van der Waals surface area (Å²) in [6.45, 7) is 9.44. The molecule has 42 heavy (non-hydrogen) atoms. The normalized spacial score (nSPS) is 11.5. The molecule has 6 heteroatoms. The van der Waals surface area contributed by atoms with Gasteiger partial charge in [0, 0.05) is 28.8 Å². The molecule has 0 aliphatic rings. The van der Waals surface area contributed by atoms with Gasteiger partial charge in [-0.3, -0.25) is 5.10 Å². The van der Waals surface area contributed by atoms with Crippen molar-refractivity contribution in [1.82, 2.24) is 19.8 Å². The zero-order valence-corrected chi connectivity index (χ0v) is 26.2. The van der Waals surface area contributed by atoms with Crippen LogP contribution in [0.4, 0.5) is 0 Å². The fraction of sp³-hybridized carbons (Fsp3) is 0.389. The van der Waals surface area contributed by atoms with E-state index < -0.39 is 0 Å². The molecular weight excluding hydrogens is 540 g/mol. The van der Waals surface area contributed by atoms with Crippen LogP contribution in [0.3, 0.4) is 0 Å². The maximum Gasteiger partial charge on any atom is 0.183 e. The lowest BCUT2D eigenvalue weighted by atomic mass is 9.95. The fourth-order valence-corrected chi connectivity index (χ4v) is 5.74. The van der Waals surface area contributed by atoms with Crippen molar-refractivity contribution in [2.45, 2.75) is 85.5 Å². The zero-order chi connectivity index (χ0) is 29.5. The first-order valence-electron chi connectivity index (χ1n) is 15.5. The molecule has 0 bridgehead atoms. The van der Waals surface area contributed by atoms with E-state index in [9.17, 15) is 0 Å². The molecule has 0 radical (unpaired) electrons. The second-order valence-corrected chi connectivity index (χ2v) is 11.9. The number of fused-ring (bicyclic) bond motifs is 1. The summed E-state index contributed by atoms with van der Waals surface area (Å²) in [7, 11) is 0. The highest BCUT2D eigenvalue weighted by Gasteiger charge is 2.14. The molecule has 0 amide bonds. The summed E-state index contributed by atoms with van der Waals surface area (Å²) in [5.41, 5.74) is 10.3. The van der Waals surface area contributed by atoms with E-state index in [0.717, 1.165) is 71.4 Å². The van der Waals surface area contributed by atoms with E-state index in [2.05, 4.69) is 97.6 Å². The number of unbranched alkanes of at least 4 members (excludes halogenated alkanes) is 5. The maximum atomic E-state index is 6.76. The first-order valence-corrected chi connectivity index (χ1v) is 15.9. The van der Waals surface area contributed by atoms with E-state index in [1.165, 1.54) is 59.9 Å². The highest BCUT2D eigenvalue weighted by molar-refractivity contribution is 6.31. The van der Waals surface area contributed by atoms with E-state index in [0.29, 0.717) is 0 Å². The van der Waals surface area contributed by atoms with Crippen LogP contribution in [0.25, 0.3) is 17.0 Å². The summed E-state index contributed by atoms with van der Waals surface area (Å²) < 4.78 is 8.26. The summed E-state index contributed by atoms with van der Waals surface area (Å²) in [4.78, 5) is 0. The predicted molar refractivity (Wildman–Crippen MR) is 174 cm³/mol. The van der Waals surface area contributed by atoms with E-state index in [4.69, 9.17) is 16.3 Å². The van der Waals surface area contributed by atoms with Gasteiger partial charge >= 0.3 is 0 Å². The summed E-state index contributed by atoms with van der Waals surface area (Å²) in [6, 6.07) is 21.5. The second kappa shape index (κ2) is 14.1. The number of hydrogen-bond donors (Lipinski definition) is 1. The first kappa shape index (κ1) is 29.9. The number of benzene rings is 3. The van der Waals surface area contributed by atoms with Gasteiger partial charge < -0.3 is 4.74 Å². The van der Waals surface area contributed by atoms with Crippen molar-refractivity contribution in [3.05, 3.63) is 105 Å². The molecule has 0 fully saturated rings. The zero-order valence-electron chi connectivity index (χ0n) is 25.5. The lowest BCUT2D eigenvalue weighted by molar-refractivity contribution is 0.302. The van der Waals surface area contributed by atoms with Crippen LogP contribution in [0.2, 0.25) is 5.02 Å². The Morgan fingerprint density at radius 3 is 2.45 bits per heavy atom. The molecule has 1 N–H and O–H groups in total. The topological polar surface area (TPSA) is 55.2 Å². The third kappa shape index (κ3) is 7.25. The summed E-state index contributed by atoms with van der Waals surface area (Å²) in [5, 5.41) is 13.0. The number of halogens is 1. The molecule has 0 spiro atoms. The Morgan fingerprint density at radius 1 is 0.786 bits per heavy atom. The number of aromatic nitrogens is 4. The smallest absolute Gasteiger partial charge is 0.183 e. The quantitative estimate of drug-likeness (QED) is 0.133. The Balaban J connectivity index is 1.32. The van der Waals surface area contributed by atoms with Gasteiger partial charge in [0.05, 0.1) is 6.61 Å². The summed E-state index contributed by atoms with van der Waals surface area (Å²) in [5.74, 6) is 1.80. The number of aryl methyl sites for hydroxylation is 3. The van der Waals surface area contributed by atoms with Gasteiger partial charge in [0.1, 0.15) is 5.75 Å². The molecule has 2 aromatic heterocycles. The number of nitrogens with one attached hydrogen (secondary N) is 1. The van der Waals surface area contributed by atoms with Crippen molar-refractivity contribution in [2.75, 3.05) is 6.61 Å². The van der Waals surface area contributed by atoms with Crippen molar-refractivity contribution in [3.63, 3.8) is 0 Å². The minimum Gasteiger partial charge on any atom is -0.493 e. The number of nitrogens with zero attached hydrogens (tertiary/aromatic N) is 3. The van der Waals surface area contributed by atoms with E-state index >= 15 is 0 Å². The van der Waals surface area contributed by atoms with Gasteiger partial charge in [0.15, 0.2) is 11.5 Å². The van der Waals surface area contributed by atoms with Crippen LogP contribution in [0.15, 0.2) is 60.7 Å². The molecule has 5 rings (SSSR count). The second-order valence-electron chi connectivity index (χ2n) is 11.5. The fourth-order valence-electron chi connectivity index (χ4n) is 5.55.